The van der Waals surface area contributed by atoms with Crippen LogP contribution in [0.3, 0.4) is 0 Å². The molecule has 0 aliphatic carbocycles. The number of halogens is 3. The fourth-order valence-electron chi connectivity index (χ4n) is 2.33. The SMILES string of the molecule is NC(=O)c1ccc(-n2ncc(C(=O)O)c2C(F)(F)F)c2ccnn12. The number of alkyl halides is 3. The Morgan fingerprint density at radius 3 is 2.46 bits per heavy atom. The van der Waals surface area contributed by atoms with Crippen LogP contribution in [-0.4, -0.2) is 36.4 Å². The molecule has 0 spiro atoms. The number of hydrogen-bond donors (Lipinski definition) is 2. The normalized spacial score (nSPS) is 11.8. The zero-order chi connectivity index (χ0) is 17.6. The minimum atomic E-state index is -4.95. The molecule has 0 saturated heterocycles. The first kappa shape index (κ1) is 15.5. The van der Waals surface area contributed by atoms with Crippen molar-refractivity contribution >= 4 is 17.4 Å². The quantitative estimate of drug-likeness (QED) is 0.747. The Bertz CT molecular complexity index is 973. The van der Waals surface area contributed by atoms with E-state index >= 15 is 0 Å². The summed E-state index contributed by atoms with van der Waals surface area (Å²) in [6.45, 7) is 0. The van der Waals surface area contributed by atoms with E-state index in [4.69, 9.17) is 10.8 Å². The summed E-state index contributed by atoms with van der Waals surface area (Å²) < 4.78 is 41.4. The number of primary amides is 1. The maximum Gasteiger partial charge on any atom is 0.434 e. The molecule has 0 saturated carbocycles. The maximum absolute atomic E-state index is 13.3. The number of carbonyl (C=O) groups excluding carboxylic acids is 1. The Balaban J connectivity index is 2.34. The molecule has 3 heterocycles. The number of fused-ring (bicyclic) bond motifs is 1. The molecular formula is C13H8F3N5O3. The number of carboxylic acid groups (broad SMARTS) is 1. The topological polar surface area (TPSA) is 116 Å². The largest absolute Gasteiger partial charge is 0.478 e. The number of carboxylic acids is 1. The summed E-state index contributed by atoms with van der Waals surface area (Å²) in [5.74, 6) is -2.58. The van der Waals surface area contributed by atoms with Crippen LogP contribution in [0.25, 0.3) is 11.2 Å². The average molecular weight is 339 g/mol. The molecule has 0 unspecified atom stereocenters. The molecule has 8 nitrogen and oxygen atoms in total. The predicted octanol–water partition coefficient (Wildman–Crippen LogP) is 1.34. The number of nitrogens with zero attached hydrogens (tertiary/aromatic N) is 4. The Labute approximate surface area is 130 Å². The molecule has 1 amide bonds. The van der Waals surface area contributed by atoms with Gasteiger partial charge in [-0.05, 0) is 18.2 Å². The standard InChI is InChI=1S/C13H8F3N5O3/c14-13(15,16)10-6(12(23)24)5-19-21(10)7-1-2-9(11(17)22)20-8(7)3-4-18-20/h1-5H,(H2,17,22)(H,23,24). The first-order valence-corrected chi connectivity index (χ1v) is 6.37. The number of pyridine rings is 1. The summed E-state index contributed by atoms with van der Waals surface area (Å²) in [5, 5.41) is 16.3. The smallest absolute Gasteiger partial charge is 0.434 e. The van der Waals surface area contributed by atoms with Crippen molar-refractivity contribution in [3.8, 4) is 5.69 Å². The highest BCUT2D eigenvalue weighted by Crippen LogP contribution is 2.34. The minimum Gasteiger partial charge on any atom is -0.478 e. The van der Waals surface area contributed by atoms with Crippen molar-refractivity contribution in [3.05, 3.63) is 47.5 Å². The van der Waals surface area contributed by atoms with Gasteiger partial charge in [-0.1, -0.05) is 0 Å². The van der Waals surface area contributed by atoms with Crippen LogP contribution in [0.4, 0.5) is 13.2 Å². The number of rotatable bonds is 3. The number of carbonyl (C=O) groups is 2. The number of nitrogens with two attached hydrogens (primary N) is 1. The van der Waals surface area contributed by atoms with E-state index in [-0.39, 0.29) is 16.9 Å². The van der Waals surface area contributed by atoms with E-state index in [9.17, 15) is 22.8 Å². The van der Waals surface area contributed by atoms with Crippen LogP contribution in [0.5, 0.6) is 0 Å². The highest BCUT2D eigenvalue weighted by Gasteiger charge is 2.41. The van der Waals surface area contributed by atoms with Crippen LogP contribution in [0, 0.1) is 0 Å². The molecule has 0 bridgehead atoms. The third-order valence-corrected chi connectivity index (χ3v) is 3.28. The molecule has 0 aromatic carbocycles. The van der Waals surface area contributed by atoms with Gasteiger partial charge in [0.15, 0.2) is 5.69 Å². The first-order valence-electron chi connectivity index (χ1n) is 6.37. The molecule has 3 rings (SSSR count). The predicted molar refractivity (Wildman–Crippen MR) is 72.8 cm³/mol. The lowest BCUT2D eigenvalue weighted by molar-refractivity contribution is -0.143. The molecule has 0 aliphatic rings. The van der Waals surface area contributed by atoms with Gasteiger partial charge in [0.25, 0.3) is 5.91 Å². The van der Waals surface area contributed by atoms with E-state index in [1.54, 1.807) is 0 Å². The van der Waals surface area contributed by atoms with Crippen molar-refractivity contribution in [1.82, 2.24) is 19.4 Å². The average Bonchev–Trinajstić information content (AvgIpc) is 3.12. The molecule has 3 N–H and O–H groups in total. The molecule has 24 heavy (non-hydrogen) atoms. The van der Waals surface area contributed by atoms with Crippen molar-refractivity contribution in [3.63, 3.8) is 0 Å². The van der Waals surface area contributed by atoms with Crippen LogP contribution in [0.1, 0.15) is 26.5 Å². The van der Waals surface area contributed by atoms with Crippen molar-refractivity contribution in [2.75, 3.05) is 0 Å². The molecule has 0 fully saturated rings. The third-order valence-electron chi connectivity index (χ3n) is 3.28. The summed E-state index contributed by atoms with van der Waals surface area (Å²) in [6, 6.07) is 3.72. The number of amides is 1. The van der Waals surface area contributed by atoms with E-state index in [0.717, 1.165) is 4.52 Å². The van der Waals surface area contributed by atoms with Crippen molar-refractivity contribution in [2.45, 2.75) is 6.18 Å². The van der Waals surface area contributed by atoms with Gasteiger partial charge in [-0.25, -0.2) is 14.0 Å². The van der Waals surface area contributed by atoms with E-state index in [0.29, 0.717) is 10.9 Å². The zero-order valence-corrected chi connectivity index (χ0v) is 11.7. The molecular weight excluding hydrogens is 331 g/mol. The molecule has 3 aromatic heterocycles. The fraction of sp³-hybridized carbons (Fsp3) is 0.0769. The second kappa shape index (κ2) is 5.08. The van der Waals surface area contributed by atoms with Gasteiger partial charge in [-0.2, -0.15) is 23.4 Å². The Morgan fingerprint density at radius 2 is 1.88 bits per heavy atom. The van der Waals surface area contributed by atoms with Gasteiger partial charge in [-0.15, -0.1) is 0 Å². The second-order valence-corrected chi connectivity index (χ2v) is 4.72. The van der Waals surface area contributed by atoms with E-state index in [1.807, 2.05) is 0 Å². The second-order valence-electron chi connectivity index (χ2n) is 4.72. The summed E-state index contributed by atoms with van der Waals surface area (Å²) >= 11 is 0. The van der Waals surface area contributed by atoms with Gasteiger partial charge in [0.1, 0.15) is 11.3 Å². The van der Waals surface area contributed by atoms with Crippen LogP contribution in [0.2, 0.25) is 0 Å². The number of aromatic nitrogens is 4. The van der Waals surface area contributed by atoms with Gasteiger partial charge in [0.2, 0.25) is 0 Å². The summed E-state index contributed by atoms with van der Waals surface area (Å²) in [5.41, 5.74) is 2.73. The van der Waals surface area contributed by atoms with Gasteiger partial charge in [0.05, 0.1) is 23.6 Å². The molecule has 0 radical (unpaired) electrons. The van der Waals surface area contributed by atoms with Crippen molar-refractivity contribution < 1.29 is 27.9 Å². The van der Waals surface area contributed by atoms with Crippen LogP contribution in [0.15, 0.2) is 30.6 Å². The zero-order valence-electron chi connectivity index (χ0n) is 11.7. The van der Waals surface area contributed by atoms with Crippen molar-refractivity contribution in [1.29, 1.82) is 0 Å². The van der Waals surface area contributed by atoms with Crippen LogP contribution >= 0.6 is 0 Å². The Hall–Kier alpha value is -3.37. The highest BCUT2D eigenvalue weighted by atomic mass is 19.4. The van der Waals surface area contributed by atoms with Gasteiger partial charge < -0.3 is 10.8 Å². The molecule has 3 aromatic rings. The van der Waals surface area contributed by atoms with Crippen LogP contribution < -0.4 is 5.73 Å². The third kappa shape index (κ3) is 2.26. The maximum atomic E-state index is 13.3. The van der Waals surface area contributed by atoms with E-state index in [1.165, 1.54) is 24.4 Å². The Morgan fingerprint density at radius 1 is 1.17 bits per heavy atom. The lowest BCUT2D eigenvalue weighted by atomic mass is 10.2. The van der Waals surface area contributed by atoms with Gasteiger partial charge >= 0.3 is 12.1 Å². The first-order chi connectivity index (χ1) is 11.2. The van der Waals surface area contributed by atoms with E-state index in [2.05, 4.69) is 10.2 Å². The van der Waals surface area contributed by atoms with Crippen molar-refractivity contribution in [2.24, 2.45) is 5.73 Å². The summed E-state index contributed by atoms with van der Waals surface area (Å²) in [4.78, 5) is 22.4. The molecule has 11 heteroatoms. The lowest BCUT2D eigenvalue weighted by Gasteiger charge is -2.13. The minimum absolute atomic E-state index is 0.0436. The highest BCUT2D eigenvalue weighted by molar-refractivity contribution is 5.93. The number of hydrogen-bond acceptors (Lipinski definition) is 4. The number of aromatic carboxylic acids is 1. The molecule has 124 valence electrons. The van der Waals surface area contributed by atoms with E-state index < -0.39 is 29.3 Å². The molecule has 0 atom stereocenters. The summed E-state index contributed by atoms with van der Waals surface area (Å²) in [7, 11) is 0. The Kier molecular flexibility index (Phi) is 3.28. The lowest BCUT2D eigenvalue weighted by Crippen LogP contribution is -2.19. The van der Waals surface area contributed by atoms with Gasteiger partial charge in [0, 0.05) is 0 Å². The summed E-state index contributed by atoms with van der Waals surface area (Å²) in [6.07, 6.45) is -3.08. The fourth-order valence-corrected chi connectivity index (χ4v) is 2.33. The molecule has 0 aliphatic heterocycles. The monoisotopic (exact) mass is 339 g/mol. The van der Waals surface area contributed by atoms with Crippen LogP contribution in [-0.2, 0) is 6.18 Å². The van der Waals surface area contributed by atoms with Gasteiger partial charge in [-0.3, -0.25) is 4.79 Å².